The number of nitrogens with zero attached hydrogens (tertiary/aromatic N) is 3. The topological polar surface area (TPSA) is 75.3 Å². The first kappa shape index (κ1) is 11.1. The van der Waals surface area contributed by atoms with Gasteiger partial charge in [0.1, 0.15) is 5.82 Å². The van der Waals surface area contributed by atoms with Crippen molar-refractivity contribution in [3.63, 3.8) is 0 Å². The molecule has 5 nitrogen and oxygen atoms in total. The molecule has 1 aromatic rings. The Morgan fingerprint density at radius 3 is 2.88 bits per heavy atom. The van der Waals surface area contributed by atoms with Crippen LogP contribution in [-0.4, -0.2) is 33.8 Å². The number of aliphatic hydroxyl groups is 1. The average molecular weight is 222 g/mol. The molecule has 0 saturated carbocycles. The van der Waals surface area contributed by atoms with Crippen molar-refractivity contribution in [2.45, 2.75) is 32.3 Å². The summed E-state index contributed by atoms with van der Waals surface area (Å²) in [5.74, 6) is 1.10. The summed E-state index contributed by atoms with van der Waals surface area (Å²) in [6, 6.07) is 1.90. The molecule has 1 fully saturated rings. The summed E-state index contributed by atoms with van der Waals surface area (Å²) >= 11 is 0. The summed E-state index contributed by atoms with van der Waals surface area (Å²) in [6.07, 6.45) is 1.80. The number of nitrogen functional groups attached to an aromatic ring is 1. The Bertz CT molecular complexity index is 371. The number of hydrogen-bond acceptors (Lipinski definition) is 5. The van der Waals surface area contributed by atoms with E-state index in [9.17, 15) is 5.11 Å². The van der Waals surface area contributed by atoms with E-state index in [0.29, 0.717) is 12.5 Å². The molecule has 1 aromatic heterocycles. The molecule has 0 radical (unpaired) electrons. The van der Waals surface area contributed by atoms with E-state index in [4.69, 9.17) is 5.73 Å². The van der Waals surface area contributed by atoms with Crippen molar-refractivity contribution in [2.24, 2.45) is 0 Å². The van der Waals surface area contributed by atoms with E-state index < -0.39 is 5.60 Å². The number of β-amino-alcohol motifs (C(OH)–C–C–N with tert-alkyl or cyclic N) is 1. The number of nitrogens with two attached hydrogens (primary N) is 1. The Balaban J connectivity index is 2.23. The molecule has 0 aliphatic carbocycles. The van der Waals surface area contributed by atoms with Crippen LogP contribution >= 0.6 is 0 Å². The number of aromatic nitrogens is 2. The fourth-order valence-electron chi connectivity index (χ4n) is 2.15. The van der Waals surface area contributed by atoms with Crippen LogP contribution in [0.1, 0.15) is 25.5 Å². The standard InChI is InChI=1S/C11H18N4O/c1-8-6-9(14-10(12)13-8)15-5-3-4-11(2,16)7-15/h6,16H,3-5,7H2,1-2H3,(H2,12,13,14). The molecule has 88 valence electrons. The van der Waals surface area contributed by atoms with Crippen LogP contribution in [0.25, 0.3) is 0 Å². The van der Waals surface area contributed by atoms with Crippen LogP contribution in [0.5, 0.6) is 0 Å². The minimum absolute atomic E-state index is 0.292. The Hall–Kier alpha value is -1.36. The van der Waals surface area contributed by atoms with Crippen LogP contribution < -0.4 is 10.6 Å². The minimum atomic E-state index is -0.633. The summed E-state index contributed by atoms with van der Waals surface area (Å²) < 4.78 is 0. The van der Waals surface area contributed by atoms with Gasteiger partial charge in [0, 0.05) is 24.8 Å². The molecule has 16 heavy (non-hydrogen) atoms. The fraction of sp³-hybridized carbons (Fsp3) is 0.636. The SMILES string of the molecule is Cc1cc(N2CCCC(C)(O)C2)nc(N)n1. The summed E-state index contributed by atoms with van der Waals surface area (Å²) in [6.45, 7) is 5.26. The lowest BCUT2D eigenvalue weighted by Gasteiger charge is -2.37. The molecule has 1 unspecified atom stereocenters. The molecule has 0 amide bonds. The Kier molecular flexibility index (Phi) is 2.71. The largest absolute Gasteiger partial charge is 0.388 e. The van der Waals surface area contributed by atoms with Gasteiger partial charge in [-0.1, -0.05) is 0 Å². The van der Waals surface area contributed by atoms with Gasteiger partial charge in [0.05, 0.1) is 5.60 Å². The predicted octanol–water partition coefficient (Wildman–Crippen LogP) is 0.718. The van der Waals surface area contributed by atoms with Crippen LogP contribution in [0.4, 0.5) is 11.8 Å². The molecule has 1 aliphatic heterocycles. The molecule has 0 bridgehead atoms. The van der Waals surface area contributed by atoms with Gasteiger partial charge in [-0.05, 0) is 26.7 Å². The summed E-state index contributed by atoms with van der Waals surface area (Å²) in [5, 5.41) is 10.0. The highest BCUT2D eigenvalue weighted by atomic mass is 16.3. The minimum Gasteiger partial charge on any atom is -0.388 e. The molecule has 2 heterocycles. The normalized spacial score (nSPS) is 25.8. The molecule has 1 saturated heterocycles. The first-order chi connectivity index (χ1) is 7.46. The molecule has 2 rings (SSSR count). The third-order valence-electron chi connectivity index (χ3n) is 2.86. The maximum absolute atomic E-state index is 10.0. The molecular formula is C11H18N4O. The monoisotopic (exact) mass is 222 g/mol. The van der Waals surface area contributed by atoms with Crippen molar-refractivity contribution < 1.29 is 5.11 Å². The highest BCUT2D eigenvalue weighted by Crippen LogP contribution is 2.24. The van der Waals surface area contributed by atoms with E-state index in [1.165, 1.54) is 0 Å². The fourth-order valence-corrected chi connectivity index (χ4v) is 2.15. The number of hydrogen-bond donors (Lipinski definition) is 2. The van der Waals surface area contributed by atoms with Crippen molar-refractivity contribution in [1.29, 1.82) is 0 Å². The summed E-state index contributed by atoms with van der Waals surface area (Å²) in [7, 11) is 0. The zero-order chi connectivity index (χ0) is 11.8. The maximum Gasteiger partial charge on any atom is 0.222 e. The Labute approximate surface area is 95.3 Å². The number of aryl methyl sites for hydroxylation is 1. The quantitative estimate of drug-likeness (QED) is 0.732. The second-order valence-electron chi connectivity index (χ2n) is 4.75. The van der Waals surface area contributed by atoms with Gasteiger partial charge in [0.25, 0.3) is 0 Å². The highest BCUT2D eigenvalue weighted by Gasteiger charge is 2.29. The molecular weight excluding hydrogens is 204 g/mol. The number of rotatable bonds is 1. The van der Waals surface area contributed by atoms with Crippen molar-refractivity contribution in [3.8, 4) is 0 Å². The maximum atomic E-state index is 10.0. The average Bonchev–Trinajstić information content (AvgIpc) is 2.14. The molecule has 0 spiro atoms. The van der Waals surface area contributed by atoms with E-state index in [0.717, 1.165) is 30.9 Å². The Morgan fingerprint density at radius 1 is 1.50 bits per heavy atom. The van der Waals surface area contributed by atoms with Crippen LogP contribution in [0, 0.1) is 6.92 Å². The first-order valence-corrected chi connectivity index (χ1v) is 5.55. The summed E-state index contributed by atoms with van der Waals surface area (Å²) in [5.41, 5.74) is 5.84. The summed E-state index contributed by atoms with van der Waals surface area (Å²) in [4.78, 5) is 10.3. The molecule has 1 aliphatic rings. The lowest BCUT2D eigenvalue weighted by molar-refractivity contribution is 0.0447. The van der Waals surface area contributed by atoms with Gasteiger partial charge < -0.3 is 15.7 Å². The van der Waals surface area contributed by atoms with Crippen molar-refractivity contribution >= 4 is 11.8 Å². The van der Waals surface area contributed by atoms with Crippen LogP contribution in [0.3, 0.4) is 0 Å². The highest BCUT2D eigenvalue weighted by molar-refractivity contribution is 5.44. The van der Waals surface area contributed by atoms with E-state index in [1.807, 2.05) is 19.9 Å². The van der Waals surface area contributed by atoms with E-state index in [-0.39, 0.29) is 0 Å². The van der Waals surface area contributed by atoms with Crippen LogP contribution in [0.2, 0.25) is 0 Å². The zero-order valence-corrected chi connectivity index (χ0v) is 9.77. The molecule has 3 N–H and O–H groups in total. The van der Waals surface area contributed by atoms with E-state index in [1.54, 1.807) is 0 Å². The van der Waals surface area contributed by atoms with Gasteiger partial charge in [0.2, 0.25) is 5.95 Å². The van der Waals surface area contributed by atoms with Crippen molar-refractivity contribution in [1.82, 2.24) is 9.97 Å². The van der Waals surface area contributed by atoms with Gasteiger partial charge in [0.15, 0.2) is 0 Å². The van der Waals surface area contributed by atoms with Crippen molar-refractivity contribution in [2.75, 3.05) is 23.7 Å². The van der Waals surface area contributed by atoms with Gasteiger partial charge in [-0.25, -0.2) is 4.98 Å². The number of anilines is 2. The Morgan fingerprint density at radius 2 is 2.25 bits per heavy atom. The number of piperidine rings is 1. The second kappa shape index (κ2) is 3.90. The molecule has 1 atom stereocenters. The third kappa shape index (κ3) is 2.41. The third-order valence-corrected chi connectivity index (χ3v) is 2.86. The molecule has 5 heteroatoms. The van der Waals surface area contributed by atoms with Gasteiger partial charge in [-0.15, -0.1) is 0 Å². The molecule has 0 aromatic carbocycles. The zero-order valence-electron chi connectivity index (χ0n) is 9.77. The van der Waals surface area contributed by atoms with E-state index in [2.05, 4.69) is 14.9 Å². The second-order valence-corrected chi connectivity index (χ2v) is 4.75. The van der Waals surface area contributed by atoms with Crippen LogP contribution in [0.15, 0.2) is 6.07 Å². The predicted molar refractivity (Wildman–Crippen MR) is 63.3 cm³/mol. The van der Waals surface area contributed by atoms with Gasteiger partial charge in [-0.3, -0.25) is 0 Å². The smallest absolute Gasteiger partial charge is 0.222 e. The first-order valence-electron chi connectivity index (χ1n) is 5.55. The van der Waals surface area contributed by atoms with E-state index >= 15 is 0 Å². The van der Waals surface area contributed by atoms with Gasteiger partial charge >= 0.3 is 0 Å². The van der Waals surface area contributed by atoms with Gasteiger partial charge in [-0.2, -0.15) is 4.98 Å². The lowest BCUT2D eigenvalue weighted by atomic mass is 9.95. The van der Waals surface area contributed by atoms with Crippen LogP contribution in [-0.2, 0) is 0 Å². The lowest BCUT2D eigenvalue weighted by Crippen LogP contribution is -2.46. The van der Waals surface area contributed by atoms with Crippen molar-refractivity contribution in [3.05, 3.63) is 11.8 Å².